The van der Waals surface area contributed by atoms with E-state index in [2.05, 4.69) is 5.32 Å². The standard InChI is InChI=1S/C13H22N2O3/c1-15(8-2-3-11(16)17)12(18)10-9-13(10)4-6-14-7-5-13/h10,14H,2-9H2,1H3,(H,16,17). The normalized spacial score (nSPS) is 24.8. The van der Waals surface area contributed by atoms with Crippen molar-refractivity contribution < 1.29 is 14.7 Å². The number of carbonyl (C=O) groups is 2. The van der Waals surface area contributed by atoms with Gasteiger partial charge in [-0.05, 0) is 44.2 Å². The summed E-state index contributed by atoms with van der Waals surface area (Å²) in [5, 5.41) is 11.9. The molecule has 1 spiro atoms. The van der Waals surface area contributed by atoms with Gasteiger partial charge in [-0.1, -0.05) is 0 Å². The molecule has 0 aromatic rings. The van der Waals surface area contributed by atoms with Crippen molar-refractivity contribution in [3.63, 3.8) is 0 Å². The number of hydrogen-bond donors (Lipinski definition) is 2. The Morgan fingerprint density at radius 1 is 1.39 bits per heavy atom. The highest BCUT2D eigenvalue weighted by molar-refractivity contribution is 5.82. The monoisotopic (exact) mass is 254 g/mol. The fourth-order valence-corrected chi connectivity index (χ4v) is 3.02. The third kappa shape index (κ3) is 2.83. The predicted octanol–water partition coefficient (Wildman–Crippen LogP) is 0.699. The van der Waals surface area contributed by atoms with Crippen LogP contribution in [0.2, 0.25) is 0 Å². The minimum Gasteiger partial charge on any atom is -0.481 e. The minimum absolute atomic E-state index is 0.136. The number of nitrogens with zero attached hydrogens (tertiary/aromatic N) is 1. The van der Waals surface area contributed by atoms with Crippen LogP contribution in [0.4, 0.5) is 0 Å². The molecule has 5 nitrogen and oxygen atoms in total. The summed E-state index contributed by atoms with van der Waals surface area (Å²) in [6.07, 6.45) is 3.91. The highest BCUT2D eigenvalue weighted by Crippen LogP contribution is 2.59. The second kappa shape index (κ2) is 5.26. The Hall–Kier alpha value is -1.10. The van der Waals surface area contributed by atoms with Gasteiger partial charge in [-0.2, -0.15) is 0 Å². The molecule has 0 aromatic heterocycles. The minimum atomic E-state index is -0.794. The molecule has 2 rings (SSSR count). The molecule has 0 radical (unpaired) electrons. The van der Waals surface area contributed by atoms with Crippen molar-refractivity contribution in [3.05, 3.63) is 0 Å². The summed E-state index contributed by atoms with van der Waals surface area (Å²) in [5.74, 6) is -0.395. The number of carboxylic acids is 1. The van der Waals surface area contributed by atoms with E-state index in [1.165, 1.54) is 0 Å². The third-order valence-electron chi connectivity index (χ3n) is 4.35. The summed E-state index contributed by atoms with van der Waals surface area (Å²) in [5.41, 5.74) is 0.267. The van der Waals surface area contributed by atoms with Crippen LogP contribution in [-0.4, -0.2) is 48.6 Å². The summed E-state index contributed by atoms with van der Waals surface area (Å²) in [7, 11) is 1.79. The molecule has 2 fully saturated rings. The third-order valence-corrected chi connectivity index (χ3v) is 4.35. The number of carbonyl (C=O) groups excluding carboxylic acids is 1. The van der Waals surface area contributed by atoms with Crippen LogP contribution in [0.25, 0.3) is 0 Å². The first-order valence-electron chi connectivity index (χ1n) is 6.73. The van der Waals surface area contributed by atoms with Crippen molar-refractivity contribution in [2.75, 3.05) is 26.7 Å². The molecule has 1 atom stereocenters. The molecule has 18 heavy (non-hydrogen) atoms. The van der Waals surface area contributed by atoms with Crippen LogP contribution in [0.15, 0.2) is 0 Å². The number of hydrogen-bond acceptors (Lipinski definition) is 3. The Morgan fingerprint density at radius 2 is 2.06 bits per heavy atom. The number of amides is 1. The molecule has 1 saturated carbocycles. The van der Waals surface area contributed by atoms with Crippen LogP contribution in [0.1, 0.15) is 32.1 Å². The van der Waals surface area contributed by atoms with E-state index in [1.807, 2.05) is 0 Å². The van der Waals surface area contributed by atoms with Crippen molar-refractivity contribution in [2.45, 2.75) is 32.1 Å². The zero-order chi connectivity index (χ0) is 13.2. The number of piperidine rings is 1. The van der Waals surface area contributed by atoms with Gasteiger partial charge in [0.25, 0.3) is 0 Å². The van der Waals surface area contributed by atoms with Crippen molar-refractivity contribution >= 4 is 11.9 Å². The van der Waals surface area contributed by atoms with E-state index in [-0.39, 0.29) is 23.7 Å². The largest absolute Gasteiger partial charge is 0.481 e. The number of nitrogens with one attached hydrogen (secondary N) is 1. The van der Waals surface area contributed by atoms with Crippen molar-refractivity contribution in [2.24, 2.45) is 11.3 Å². The molecule has 1 aliphatic carbocycles. The Balaban J connectivity index is 1.76. The van der Waals surface area contributed by atoms with Gasteiger partial charge in [0.05, 0.1) is 0 Å². The van der Waals surface area contributed by atoms with Crippen LogP contribution < -0.4 is 5.32 Å². The van der Waals surface area contributed by atoms with E-state index in [9.17, 15) is 9.59 Å². The lowest BCUT2D eigenvalue weighted by molar-refractivity contribution is -0.138. The van der Waals surface area contributed by atoms with Gasteiger partial charge in [0.1, 0.15) is 0 Å². The van der Waals surface area contributed by atoms with Crippen molar-refractivity contribution in [1.29, 1.82) is 0 Å². The van der Waals surface area contributed by atoms with Gasteiger partial charge < -0.3 is 15.3 Å². The summed E-state index contributed by atoms with van der Waals surface area (Å²) in [6.45, 7) is 2.59. The summed E-state index contributed by atoms with van der Waals surface area (Å²) in [4.78, 5) is 24.4. The zero-order valence-electron chi connectivity index (χ0n) is 10.9. The summed E-state index contributed by atoms with van der Waals surface area (Å²) in [6, 6.07) is 0. The molecule has 0 aromatic carbocycles. The van der Waals surface area contributed by atoms with Gasteiger partial charge in [-0.3, -0.25) is 9.59 Å². The summed E-state index contributed by atoms with van der Waals surface area (Å²) >= 11 is 0. The topological polar surface area (TPSA) is 69.6 Å². The molecule has 2 aliphatic rings. The Labute approximate surface area is 108 Å². The van der Waals surface area contributed by atoms with Crippen LogP contribution in [0, 0.1) is 11.3 Å². The van der Waals surface area contributed by atoms with E-state index in [4.69, 9.17) is 5.11 Å². The van der Waals surface area contributed by atoms with Gasteiger partial charge >= 0.3 is 5.97 Å². The van der Waals surface area contributed by atoms with E-state index in [0.29, 0.717) is 13.0 Å². The van der Waals surface area contributed by atoms with Crippen molar-refractivity contribution in [1.82, 2.24) is 10.2 Å². The second-order valence-electron chi connectivity index (χ2n) is 5.63. The maximum absolute atomic E-state index is 12.2. The van der Waals surface area contributed by atoms with E-state index >= 15 is 0 Å². The molecule has 1 heterocycles. The first-order valence-corrected chi connectivity index (χ1v) is 6.73. The lowest BCUT2D eigenvalue weighted by Crippen LogP contribution is -2.35. The average molecular weight is 254 g/mol. The number of carboxylic acid groups (broad SMARTS) is 1. The first kappa shape index (κ1) is 13.3. The quantitative estimate of drug-likeness (QED) is 0.757. The van der Waals surface area contributed by atoms with Crippen LogP contribution in [0.5, 0.6) is 0 Å². The molecule has 1 unspecified atom stereocenters. The van der Waals surface area contributed by atoms with Crippen molar-refractivity contribution in [3.8, 4) is 0 Å². The molecule has 5 heteroatoms. The van der Waals surface area contributed by atoms with Crippen LogP contribution >= 0.6 is 0 Å². The van der Waals surface area contributed by atoms with Gasteiger partial charge in [-0.15, -0.1) is 0 Å². The second-order valence-corrected chi connectivity index (χ2v) is 5.63. The summed E-state index contributed by atoms with van der Waals surface area (Å²) < 4.78 is 0. The molecule has 0 bridgehead atoms. The van der Waals surface area contributed by atoms with Crippen LogP contribution in [0.3, 0.4) is 0 Å². The predicted molar refractivity (Wildman–Crippen MR) is 67.2 cm³/mol. The Bertz CT molecular complexity index is 337. The Kier molecular flexibility index (Phi) is 3.90. The SMILES string of the molecule is CN(CCCC(=O)O)C(=O)C1CC12CCNCC2. The molecule has 2 N–H and O–H groups in total. The molecule has 1 aliphatic heterocycles. The van der Waals surface area contributed by atoms with E-state index < -0.39 is 5.97 Å². The maximum Gasteiger partial charge on any atom is 0.303 e. The van der Waals surface area contributed by atoms with Crippen LogP contribution in [-0.2, 0) is 9.59 Å². The first-order chi connectivity index (χ1) is 8.55. The molecule has 102 valence electrons. The Morgan fingerprint density at radius 3 is 2.67 bits per heavy atom. The maximum atomic E-state index is 12.2. The fourth-order valence-electron chi connectivity index (χ4n) is 3.02. The highest BCUT2D eigenvalue weighted by Gasteiger charge is 2.58. The number of aliphatic carboxylic acids is 1. The molecule has 1 amide bonds. The van der Waals surface area contributed by atoms with Gasteiger partial charge in [0, 0.05) is 25.9 Å². The van der Waals surface area contributed by atoms with E-state index in [1.54, 1.807) is 11.9 Å². The average Bonchev–Trinajstić information content (AvgIpc) is 3.02. The lowest BCUT2D eigenvalue weighted by atomic mass is 9.91. The lowest BCUT2D eigenvalue weighted by Gasteiger charge is -2.25. The van der Waals surface area contributed by atoms with Gasteiger partial charge in [0.15, 0.2) is 0 Å². The van der Waals surface area contributed by atoms with E-state index in [0.717, 1.165) is 32.4 Å². The van der Waals surface area contributed by atoms with Gasteiger partial charge in [-0.25, -0.2) is 0 Å². The highest BCUT2D eigenvalue weighted by atomic mass is 16.4. The number of rotatable bonds is 5. The smallest absolute Gasteiger partial charge is 0.303 e. The van der Waals surface area contributed by atoms with Gasteiger partial charge in [0.2, 0.25) is 5.91 Å². The molecular formula is C13H22N2O3. The molecular weight excluding hydrogens is 232 g/mol. The zero-order valence-corrected chi connectivity index (χ0v) is 10.9. The fraction of sp³-hybridized carbons (Fsp3) is 0.846. The molecule has 1 saturated heterocycles.